The average molecular weight is 314 g/mol. The Bertz CT molecular complexity index is 555. The molecule has 120 valence electrons. The average Bonchev–Trinajstić information content (AvgIpc) is 2.88. The third kappa shape index (κ3) is 4.22. The van der Waals surface area contributed by atoms with E-state index in [4.69, 9.17) is 0 Å². The van der Waals surface area contributed by atoms with Crippen LogP contribution in [-0.2, 0) is 16.1 Å². The van der Waals surface area contributed by atoms with Gasteiger partial charge < -0.3 is 10.2 Å². The molecule has 0 bridgehead atoms. The number of hydrogen-bond donors (Lipinski definition) is 1. The molecule has 0 aliphatic carbocycles. The maximum Gasteiger partial charge on any atom is 0.222 e. The predicted octanol–water partition coefficient (Wildman–Crippen LogP) is 2.12. The molecule has 7 heteroatoms. The summed E-state index contributed by atoms with van der Waals surface area (Å²) in [6.07, 6.45) is 2.17. The van der Waals surface area contributed by atoms with Gasteiger partial charge in [-0.25, -0.2) is 13.2 Å². The van der Waals surface area contributed by atoms with Crippen molar-refractivity contribution in [3.05, 3.63) is 35.1 Å². The molecule has 0 spiro atoms. The van der Waals surface area contributed by atoms with Crippen LogP contribution >= 0.6 is 0 Å². The Hall–Kier alpha value is -2.05. The van der Waals surface area contributed by atoms with Gasteiger partial charge in [0.05, 0.1) is 0 Å². The molecule has 1 saturated heterocycles. The lowest BCUT2D eigenvalue weighted by Crippen LogP contribution is -2.28. The molecule has 0 atom stereocenters. The van der Waals surface area contributed by atoms with Crippen LogP contribution in [-0.4, -0.2) is 29.8 Å². The number of hydrogen-bond acceptors (Lipinski definition) is 2. The molecule has 2 rings (SSSR count). The highest BCUT2D eigenvalue weighted by molar-refractivity contribution is 5.78. The van der Waals surface area contributed by atoms with E-state index in [0.29, 0.717) is 19.4 Å². The van der Waals surface area contributed by atoms with E-state index in [1.54, 1.807) is 4.90 Å². The summed E-state index contributed by atoms with van der Waals surface area (Å²) in [6.45, 7) is 1.19. The second-order valence-corrected chi connectivity index (χ2v) is 5.24. The van der Waals surface area contributed by atoms with Crippen LogP contribution in [0.5, 0.6) is 0 Å². The number of benzene rings is 1. The van der Waals surface area contributed by atoms with Crippen molar-refractivity contribution in [2.75, 3.05) is 13.1 Å². The highest BCUT2D eigenvalue weighted by Crippen LogP contribution is 2.13. The van der Waals surface area contributed by atoms with Gasteiger partial charge in [-0.3, -0.25) is 9.59 Å². The summed E-state index contributed by atoms with van der Waals surface area (Å²) < 4.78 is 38.8. The van der Waals surface area contributed by atoms with E-state index < -0.39 is 17.5 Å². The highest BCUT2D eigenvalue weighted by Gasteiger charge is 2.19. The Morgan fingerprint density at radius 2 is 1.91 bits per heavy atom. The quantitative estimate of drug-likeness (QED) is 0.818. The molecule has 0 radical (unpaired) electrons. The van der Waals surface area contributed by atoms with Gasteiger partial charge in [-0.1, -0.05) is 0 Å². The predicted molar refractivity (Wildman–Crippen MR) is 73.2 cm³/mol. The molecule has 1 aliphatic rings. The highest BCUT2D eigenvalue weighted by atomic mass is 19.2. The molecule has 0 saturated carbocycles. The first-order valence-corrected chi connectivity index (χ1v) is 7.15. The van der Waals surface area contributed by atoms with E-state index in [2.05, 4.69) is 5.32 Å². The fraction of sp³-hybridized carbons (Fsp3) is 0.467. The lowest BCUT2D eigenvalue weighted by atomic mass is 10.2. The van der Waals surface area contributed by atoms with Gasteiger partial charge in [-0.2, -0.15) is 0 Å². The van der Waals surface area contributed by atoms with Crippen LogP contribution < -0.4 is 5.32 Å². The number of amides is 2. The molecule has 2 amide bonds. The van der Waals surface area contributed by atoms with Crippen molar-refractivity contribution >= 4 is 11.8 Å². The number of carbonyl (C=O) groups is 2. The summed E-state index contributed by atoms with van der Waals surface area (Å²) in [5.41, 5.74) is 0.152. The Morgan fingerprint density at radius 3 is 2.50 bits per heavy atom. The summed E-state index contributed by atoms with van der Waals surface area (Å²) in [6, 6.07) is 1.70. The Morgan fingerprint density at radius 1 is 1.23 bits per heavy atom. The molecule has 0 unspecified atom stereocenters. The summed E-state index contributed by atoms with van der Waals surface area (Å²) >= 11 is 0. The van der Waals surface area contributed by atoms with Gasteiger partial charge in [0.1, 0.15) is 0 Å². The first kappa shape index (κ1) is 16.3. The van der Waals surface area contributed by atoms with Crippen LogP contribution in [0, 0.1) is 17.5 Å². The largest absolute Gasteiger partial charge is 0.352 e. The summed E-state index contributed by atoms with van der Waals surface area (Å²) in [5, 5.41) is 2.51. The summed E-state index contributed by atoms with van der Waals surface area (Å²) in [7, 11) is 0. The molecule has 1 N–H and O–H groups in total. The lowest BCUT2D eigenvalue weighted by molar-refractivity contribution is -0.128. The van der Waals surface area contributed by atoms with Gasteiger partial charge in [-0.15, -0.1) is 0 Å². The fourth-order valence-corrected chi connectivity index (χ4v) is 2.37. The molecule has 4 nitrogen and oxygen atoms in total. The molecule has 1 heterocycles. The molecule has 1 aromatic carbocycles. The molecular formula is C15H17F3N2O2. The zero-order valence-electron chi connectivity index (χ0n) is 12.0. The Kier molecular flexibility index (Phi) is 5.41. The van der Waals surface area contributed by atoms with Gasteiger partial charge in [0, 0.05) is 32.5 Å². The number of rotatable bonds is 6. The second kappa shape index (κ2) is 7.29. The third-order valence-electron chi connectivity index (χ3n) is 3.54. The monoisotopic (exact) mass is 314 g/mol. The SMILES string of the molecule is O=C(CCCN1CCCC1=O)NCc1cc(F)c(F)c(F)c1. The van der Waals surface area contributed by atoms with Crippen molar-refractivity contribution in [2.45, 2.75) is 32.2 Å². The standard InChI is InChI=1S/C15H17F3N2O2/c16-11-7-10(8-12(17)15(11)18)9-19-13(21)3-1-5-20-6-2-4-14(20)22/h7-8H,1-6,9H2,(H,19,21). The molecule has 22 heavy (non-hydrogen) atoms. The van der Waals surface area contributed by atoms with Gasteiger partial charge in [0.2, 0.25) is 11.8 Å². The first-order valence-electron chi connectivity index (χ1n) is 7.15. The molecule has 1 aliphatic heterocycles. The summed E-state index contributed by atoms with van der Waals surface area (Å²) in [4.78, 5) is 24.7. The van der Waals surface area contributed by atoms with Crippen LogP contribution in [0.4, 0.5) is 13.2 Å². The molecule has 1 fully saturated rings. The Labute approximate surface area is 126 Å². The topological polar surface area (TPSA) is 49.4 Å². The molecular weight excluding hydrogens is 297 g/mol. The number of nitrogens with zero attached hydrogens (tertiary/aromatic N) is 1. The first-order chi connectivity index (χ1) is 10.5. The maximum atomic E-state index is 13.0. The fourth-order valence-electron chi connectivity index (χ4n) is 2.37. The van der Waals surface area contributed by atoms with Crippen molar-refractivity contribution in [3.8, 4) is 0 Å². The van der Waals surface area contributed by atoms with Crippen LogP contribution in [0.3, 0.4) is 0 Å². The van der Waals surface area contributed by atoms with E-state index >= 15 is 0 Å². The number of carbonyl (C=O) groups excluding carboxylic acids is 2. The van der Waals surface area contributed by atoms with Gasteiger partial charge in [-0.05, 0) is 30.5 Å². The summed E-state index contributed by atoms with van der Waals surface area (Å²) in [5.74, 6) is -4.26. The Balaban J connectivity index is 1.72. The lowest BCUT2D eigenvalue weighted by Gasteiger charge is -2.14. The van der Waals surface area contributed by atoms with E-state index in [9.17, 15) is 22.8 Å². The van der Waals surface area contributed by atoms with Crippen molar-refractivity contribution in [1.82, 2.24) is 10.2 Å². The second-order valence-electron chi connectivity index (χ2n) is 5.24. The zero-order chi connectivity index (χ0) is 16.1. The van der Waals surface area contributed by atoms with Gasteiger partial charge >= 0.3 is 0 Å². The zero-order valence-corrected chi connectivity index (χ0v) is 12.0. The van der Waals surface area contributed by atoms with E-state index in [-0.39, 0.29) is 30.3 Å². The van der Waals surface area contributed by atoms with Crippen LogP contribution in [0.15, 0.2) is 12.1 Å². The van der Waals surface area contributed by atoms with Crippen molar-refractivity contribution in [3.63, 3.8) is 0 Å². The van der Waals surface area contributed by atoms with E-state index in [1.165, 1.54) is 0 Å². The van der Waals surface area contributed by atoms with Crippen LogP contribution in [0.2, 0.25) is 0 Å². The maximum absolute atomic E-state index is 13.0. The molecule has 1 aromatic rings. The normalized spacial score (nSPS) is 14.5. The van der Waals surface area contributed by atoms with Crippen molar-refractivity contribution in [2.24, 2.45) is 0 Å². The van der Waals surface area contributed by atoms with Gasteiger partial charge in [0.25, 0.3) is 0 Å². The smallest absolute Gasteiger partial charge is 0.222 e. The van der Waals surface area contributed by atoms with E-state index in [1.807, 2.05) is 0 Å². The number of halogens is 3. The van der Waals surface area contributed by atoms with Crippen LogP contribution in [0.25, 0.3) is 0 Å². The minimum absolute atomic E-state index is 0.0738. The number of nitrogens with one attached hydrogen (secondary N) is 1. The van der Waals surface area contributed by atoms with Crippen molar-refractivity contribution < 1.29 is 22.8 Å². The van der Waals surface area contributed by atoms with E-state index in [0.717, 1.165) is 25.1 Å². The van der Waals surface area contributed by atoms with Gasteiger partial charge in [0.15, 0.2) is 17.5 Å². The van der Waals surface area contributed by atoms with Crippen molar-refractivity contribution in [1.29, 1.82) is 0 Å². The minimum atomic E-state index is -1.52. The minimum Gasteiger partial charge on any atom is -0.352 e. The molecule has 0 aromatic heterocycles. The number of likely N-dealkylation sites (tertiary alicyclic amines) is 1. The van der Waals surface area contributed by atoms with Crippen LogP contribution in [0.1, 0.15) is 31.2 Å². The third-order valence-corrected chi connectivity index (χ3v) is 3.54.